The number of nitrogen functional groups attached to an aromatic ring is 1. The average molecular weight is 274 g/mol. The van der Waals surface area contributed by atoms with Crippen LogP contribution < -0.4 is 5.73 Å². The first-order valence-corrected chi connectivity index (χ1v) is 7.82. The van der Waals surface area contributed by atoms with Crippen molar-refractivity contribution in [3.8, 4) is 0 Å². The highest BCUT2D eigenvalue weighted by molar-refractivity contribution is 5.79. The van der Waals surface area contributed by atoms with Gasteiger partial charge in [-0.3, -0.25) is 4.79 Å². The van der Waals surface area contributed by atoms with Crippen LogP contribution in [0.1, 0.15) is 50.7 Å². The summed E-state index contributed by atoms with van der Waals surface area (Å²) in [6.45, 7) is 5.84. The summed E-state index contributed by atoms with van der Waals surface area (Å²) in [5, 5.41) is 0. The molecular formula is C17H26N2O. The maximum absolute atomic E-state index is 12.7. The van der Waals surface area contributed by atoms with Crippen LogP contribution in [0.4, 0.5) is 5.69 Å². The zero-order valence-electron chi connectivity index (χ0n) is 12.7. The predicted molar refractivity (Wildman–Crippen MR) is 83.3 cm³/mol. The van der Waals surface area contributed by atoms with E-state index >= 15 is 0 Å². The molecule has 2 N–H and O–H groups in total. The van der Waals surface area contributed by atoms with E-state index in [1.165, 1.54) is 11.1 Å². The minimum absolute atomic E-state index is 0.201. The number of rotatable bonds is 5. The quantitative estimate of drug-likeness (QED) is 0.837. The van der Waals surface area contributed by atoms with E-state index < -0.39 is 0 Å². The molecule has 0 aliphatic carbocycles. The second-order valence-electron chi connectivity index (χ2n) is 5.77. The first-order valence-electron chi connectivity index (χ1n) is 7.82. The molecule has 0 unspecified atom stereocenters. The fraction of sp³-hybridized carbons (Fsp3) is 0.588. The van der Waals surface area contributed by atoms with Crippen molar-refractivity contribution >= 4 is 11.6 Å². The first-order chi connectivity index (χ1) is 9.67. The molecular weight excluding hydrogens is 248 g/mol. The molecule has 0 saturated heterocycles. The number of anilines is 1. The Morgan fingerprint density at radius 1 is 1.30 bits per heavy atom. The van der Waals surface area contributed by atoms with Crippen LogP contribution >= 0.6 is 0 Å². The number of hydrogen-bond acceptors (Lipinski definition) is 2. The Hall–Kier alpha value is -1.51. The van der Waals surface area contributed by atoms with Crippen LogP contribution in [0.25, 0.3) is 0 Å². The van der Waals surface area contributed by atoms with E-state index in [9.17, 15) is 4.79 Å². The molecule has 1 aliphatic rings. The van der Waals surface area contributed by atoms with Crippen LogP contribution in [-0.4, -0.2) is 17.4 Å². The smallest absolute Gasteiger partial charge is 0.225 e. The highest BCUT2D eigenvalue weighted by Crippen LogP contribution is 2.26. The zero-order chi connectivity index (χ0) is 14.5. The van der Waals surface area contributed by atoms with Gasteiger partial charge in [-0.1, -0.05) is 38.8 Å². The summed E-state index contributed by atoms with van der Waals surface area (Å²) in [7, 11) is 0. The second kappa shape index (κ2) is 6.78. The highest BCUT2D eigenvalue weighted by Gasteiger charge is 2.26. The van der Waals surface area contributed by atoms with Crippen LogP contribution in [-0.2, 0) is 17.8 Å². The largest absolute Gasteiger partial charge is 0.398 e. The molecule has 0 spiro atoms. The van der Waals surface area contributed by atoms with Crippen molar-refractivity contribution < 1.29 is 4.79 Å². The van der Waals surface area contributed by atoms with Crippen LogP contribution in [0.5, 0.6) is 0 Å². The Balaban J connectivity index is 2.09. The molecule has 2 rings (SSSR count). The molecule has 0 saturated carbocycles. The lowest BCUT2D eigenvalue weighted by Crippen LogP contribution is -2.40. The second-order valence-corrected chi connectivity index (χ2v) is 5.77. The minimum Gasteiger partial charge on any atom is -0.398 e. The van der Waals surface area contributed by atoms with Crippen LogP contribution in [0, 0.1) is 5.92 Å². The molecule has 1 aromatic rings. The number of nitrogens with two attached hydrogens (primary N) is 1. The van der Waals surface area contributed by atoms with Gasteiger partial charge in [0.2, 0.25) is 5.91 Å². The summed E-state index contributed by atoms with van der Waals surface area (Å²) in [6, 6.07) is 6.03. The normalized spacial score (nSPS) is 14.4. The van der Waals surface area contributed by atoms with Gasteiger partial charge in [-0.15, -0.1) is 0 Å². The fourth-order valence-corrected chi connectivity index (χ4v) is 3.17. The minimum atomic E-state index is 0.201. The Morgan fingerprint density at radius 3 is 2.65 bits per heavy atom. The van der Waals surface area contributed by atoms with Gasteiger partial charge < -0.3 is 10.6 Å². The molecule has 20 heavy (non-hydrogen) atoms. The number of hydrogen-bond donors (Lipinski definition) is 1. The van der Waals surface area contributed by atoms with Crippen molar-refractivity contribution in [1.29, 1.82) is 0 Å². The first kappa shape index (κ1) is 14.9. The maximum atomic E-state index is 12.7. The van der Waals surface area contributed by atoms with Crippen molar-refractivity contribution in [2.45, 2.75) is 52.5 Å². The van der Waals surface area contributed by atoms with E-state index in [0.717, 1.165) is 50.9 Å². The van der Waals surface area contributed by atoms with Crippen LogP contribution in [0.2, 0.25) is 0 Å². The molecule has 1 heterocycles. The van der Waals surface area contributed by atoms with Gasteiger partial charge in [0.25, 0.3) is 0 Å². The highest BCUT2D eigenvalue weighted by atomic mass is 16.2. The van der Waals surface area contributed by atoms with Crippen molar-refractivity contribution in [3.63, 3.8) is 0 Å². The molecule has 1 aliphatic heterocycles. The monoisotopic (exact) mass is 274 g/mol. The lowest BCUT2D eigenvalue weighted by Gasteiger charge is -2.32. The molecule has 0 atom stereocenters. The van der Waals surface area contributed by atoms with Gasteiger partial charge in [0.05, 0.1) is 0 Å². The van der Waals surface area contributed by atoms with Crippen molar-refractivity contribution in [3.05, 3.63) is 29.3 Å². The molecule has 1 amide bonds. The van der Waals surface area contributed by atoms with Gasteiger partial charge in [-0.2, -0.15) is 0 Å². The zero-order valence-corrected chi connectivity index (χ0v) is 12.7. The van der Waals surface area contributed by atoms with E-state index in [-0.39, 0.29) is 5.92 Å². The number of fused-ring (bicyclic) bond motifs is 1. The van der Waals surface area contributed by atoms with Crippen LogP contribution in [0.15, 0.2) is 18.2 Å². The number of benzene rings is 1. The van der Waals surface area contributed by atoms with Crippen molar-refractivity contribution in [2.24, 2.45) is 5.92 Å². The lowest BCUT2D eigenvalue weighted by atomic mass is 9.93. The standard InChI is InChI=1S/C17H26N2O/c1-3-6-13(7-4-2)17(20)19-11-10-15-14(12-19)8-5-9-16(15)18/h5,8-9,13H,3-4,6-7,10-12,18H2,1-2H3. The van der Waals surface area contributed by atoms with Gasteiger partial charge in [-0.05, 0) is 36.5 Å². The van der Waals surface area contributed by atoms with Crippen molar-refractivity contribution in [2.75, 3.05) is 12.3 Å². The van der Waals surface area contributed by atoms with Gasteiger partial charge >= 0.3 is 0 Å². The number of nitrogens with zero attached hydrogens (tertiary/aromatic N) is 1. The van der Waals surface area contributed by atoms with E-state index in [1.54, 1.807) is 0 Å². The Kier molecular flexibility index (Phi) is 5.05. The van der Waals surface area contributed by atoms with Crippen LogP contribution in [0.3, 0.4) is 0 Å². The Bertz CT molecular complexity index is 464. The maximum Gasteiger partial charge on any atom is 0.225 e. The predicted octanol–water partition coefficient (Wildman–Crippen LogP) is 3.37. The van der Waals surface area contributed by atoms with E-state index in [0.29, 0.717) is 5.91 Å². The third kappa shape index (κ3) is 3.14. The summed E-state index contributed by atoms with van der Waals surface area (Å²) in [6.07, 6.45) is 5.06. The SMILES string of the molecule is CCCC(CCC)C(=O)N1CCc2c(N)cccc2C1. The molecule has 0 aromatic heterocycles. The molecule has 0 radical (unpaired) electrons. The summed E-state index contributed by atoms with van der Waals surface area (Å²) >= 11 is 0. The fourth-order valence-electron chi connectivity index (χ4n) is 3.17. The molecule has 3 nitrogen and oxygen atoms in total. The molecule has 0 bridgehead atoms. The van der Waals surface area contributed by atoms with Gasteiger partial charge in [-0.25, -0.2) is 0 Å². The molecule has 1 aromatic carbocycles. The summed E-state index contributed by atoms with van der Waals surface area (Å²) in [5.41, 5.74) is 9.34. The molecule has 3 heteroatoms. The average Bonchev–Trinajstić information content (AvgIpc) is 2.46. The van der Waals surface area contributed by atoms with Gasteiger partial charge in [0, 0.05) is 24.7 Å². The van der Waals surface area contributed by atoms with Crippen molar-refractivity contribution in [1.82, 2.24) is 4.90 Å². The summed E-state index contributed by atoms with van der Waals surface area (Å²) in [5.74, 6) is 0.536. The lowest BCUT2D eigenvalue weighted by molar-refractivity contribution is -0.137. The van der Waals surface area contributed by atoms with Gasteiger partial charge in [0.1, 0.15) is 0 Å². The number of carbonyl (C=O) groups is 1. The Morgan fingerprint density at radius 2 is 2.00 bits per heavy atom. The molecule has 110 valence electrons. The Labute approximate surface area is 122 Å². The summed E-state index contributed by atoms with van der Waals surface area (Å²) < 4.78 is 0. The van der Waals surface area contributed by atoms with Gasteiger partial charge in [0.15, 0.2) is 0 Å². The molecule has 0 fully saturated rings. The number of carbonyl (C=O) groups excluding carboxylic acids is 1. The third-order valence-corrected chi connectivity index (χ3v) is 4.24. The topological polar surface area (TPSA) is 46.3 Å². The summed E-state index contributed by atoms with van der Waals surface area (Å²) in [4.78, 5) is 14.7. The number of amides is 1. The van der Waals surface area contributed by atoms with E-state index in [1.807, 2.05) is 17.0 Å². The van der Waals surface area contributed by atoms with E-state index in [2.05, 4.69) is 19.9 Å². The van der Waals surface area contributed by atoms with E-state index in [4.69, 9.17) is 5.73 Å². The third-order valence-electron chi connectivity index (χ3n) is 4.24.